The molecule has 1 aromatic carbocycles. The highest BCUT2D eigenvalue weighted by atomic mass is 16.5. The number of carbonyl (C=O) groups is 1. The van der Waals surface area contributed by atoms with Crippen molar-refractivity contribution in [2.75, 3.05) is 5.32 Å². The molecule has 0 saturated heterocycles. The topological polar surface area (TPSA) is 67.2 Å². The number of aromatic nitrogens is 1. The molecule has 2 aromatic rings. The number of rotatable bonds is 5. The minimum Gasteiger partial charge on any atom is -0.360 e. The second-order valence-corrected chi connectivity index (χ2v) is 4.38. The van der Waals surface area contributed by atoms with E-state index in [-0.39, 0.29) is 5.91 Å². The summed E-state index contributed by atoms with van der Waals surface area (Å²) in [4.78, 5) is 11.1. The Bertz CT molecular complexity index is 563. The molecule has 100 valence electrons. The molecule has 0 fully saturated rings. The Balaban J connectivity index is 1.93. The van der Waals surface area contributed by atoms with Crippen LogP contribution < -0.4 is 10.6 Å². The van der Waals surface area contributed by atoms with Crippen LogP contribution in [0.2, 0.25) is 0 Å². The van der Waals surface area contributed by atoms with Gasteiger partial charge in [0, 0.05) is 25.2 Å². The van der Waals surface area contributed by atoms with Gasteiger partial charge in [-0.2, -0.15) is 0 Å². The molecule has 0 spiro atoms. The molecule has 5 nitrogen and oxygen atoms in total. The van der Waals surface area contributed by atoms with Gasteiger partial charge in [0.1, 0.15) is 0 Å². The smallest absolute Gasteiger partial charge is 0.221 e. The summed E-state index contributed by atoms with van der Waals surface area (Å²) in [5.41, 5.74) is 2.74. The van der Waals surface area contributed by atoms with E-state index < -0.39 is 0 Å². The van der Waals surface area contributed by atoms with Crippen LogP contribution in [0.15, 0.2) is 34.9 Å². The molecular weight excluding hydrogens is 242 g/mol. The van der Waals surface area contributed by atoms with Gasteiger partial charge in [-0.05, 0) is 18.6 Å². The Hall–Kier alpha value is -2.14. The molecule has 0 aliphatic rings. The summed E-state index contributed by atoms with van der Waals surface area (Å²) in [6, 6.07) is 9.60. The summed E-state index contributed by atoms with van der Waals surface area (Å²) in [6.45, 7) is 4.64. The van der Waals surface area contributed by atoms with Crippen molar-refractivity contribution in [2.45, 2.75) is 26.9 Å². The number of amides is 1. The molecule has 19 heavy (non-hydrogen) atoms. The monoisotopic (exact) mass is 259 g/mol. The second-order valence-electron chi connectivity index (χ2n) is 4.38. The number of para-hydroxylation sites is 1. The molecule has 2 N–H and O–H groups in total. The SMILES string of the molecule is CC(=O)Nc1ccccc1CNCc1cc(C)no1. The summed E-state index contributed by atoms with van der Waals surface area (Å²) in [5, 5.41) is 9.90. The van der Waals surface area contributed by atoms with E-state index in [0.717, 1.165) is 22.7 Å². The zero-order chi connectivity index (χ0) is 13.7. The number of hydrogen-bond acceptors (Lipinski definition) is 4. The summed E-state index contributed by atoms with van der Waals surface area (Å²) >= 11 is 0. The highest BCUT2D eigenvalue weighted by molar-refractivity contribution is 5.89. The summed E-state index contributed by atoms with van der Waals surface area (Å²) < 4.78 is 5.11. The van der Waals surface area contributed by atoms with Crippen LogP contribution in [0.25, 0.3) is 0 Å². The summed E-state index contributed by atoms with van der Waals surface area (Å²) in [7, 11) is 0. The van der Waals surface area contributed by atoms with Gasteiger partial charge in [-0.3, -0.25) is 4.79 Å². The van der Waals surface area contributed by atoms with E-state index in [1.54, 1.807) is 0 Å². The Morgan fingerprint density at radius 2 is 2.11 bits per heavy atom. The van der Waals surface area contributed by atoms with Crippen molar-refractivity contribution in [3.63, 3.8) is 0 Å². The minimum absolute atomic E-state index is 0.0710. The van der Waals surface area contributed by atoms with Crippen LogP contribution in [0.3, 0.4) is 0 Å². The van der Waals surface area contributed by atoms with Gasteiger partial charge < -0.3 is 15.2 Å². The van der Waals surface area contributed by atoms with E-state index in [9.17, 15) is 4.79 Å². The summed E-state index contributed by atoms with van der Waals surface area (Å²) in [5.74, 6) is 0.729. The Morgan fingerprint density at radius 1 is 1.32 bits per heavy atom. The molecular formula is C14H17N3O2. The van der Waals surface area contributed by atoms with Gasteiger partial charge in [0.05, 0.1) is 12.2 Å². The minimum atomic E-state index is -0.0710. The average molecular weight is 259 g/mol. The number of benzene rings is 1. The largest absolute Gasteiger partial charge is 0.360 e. The van der Waals surface area contributed by atoms with Gasteiger partial charge in [-0.1, -0.05) is 23.4 Å². The van der Waals surface area contributed by atoms with Crippen LogP contribution in [0.4, 0.5) is 5.69 Å². The Morgan fingerprint density at radius 3 is 2.79 bits per heavy atom. The van der Waals surface area contributed by atoms with Crippen molar-refractivity contribution in [1.29, 1.82) is 0 Å². The molecule has 0 bridgehead atoms. The van der Waals surface area contributed by atoms with Crippen molar-refractivity contribution in [3.05, 3.63) is 47.3 Å². The fourth-order valence-corrected chi connectivity index (χ4v) is 1.81. The third-order valence-electron chi connectivity index (χ3n) is 2.62. The number of anilines is 1. The zero-order valence-corrected chi connectivity index (χ0v) is 11.1. The van der Waals surface area contributed by atoms with Crippen LogP contribution in [0.1, 0.15) is 23.9 Å². The molecule has 0 atom stereocenters. The first-order valence-electron chi connectivity index (χ1n) is 6.13. The molecule has 0 saturated carbocycles. The van der Waals surface area contributed by atoms with Crippen molar-refractivity contribution in [1.82, 2.24) is 10.5 Å². The number of carbonyl (C=O) groups excluding carboxylic acids is 1. The predicted octanol–water partition coefficient (Wildman–Crippen LogP) is 2.23. The van der Waals surface area contributed by atoms with Gasteiger partial charge in [0.15, 0.2) is 5.76 Å². The molecule has 5 heteroatoms. The second kappa shape index (κ2) is 6.15. The van der Waals surface area contributed by atoms with Crippen molar-refractivity contribution >= 4 is 11.6 Å². The van der Waals surface area contributed by atoms with E-state index in [0.29, 0.717) is 13.1 Å². The van der Waals surface area contributed by atoms with Crippen LogP contribution in [-0.2, 0) is 17.9 Å². The van der Waals surface area contributed by atoms with E-state index in [1.165, 1.54) is 6.92 Å². The first-order valence-corrected chi connectivity index (χ1v) is 6.13. The van der Waals surface area contributed by atoms with Gasteiger partial charge in [-0.25, -0.2) is 0 Å². The fourth-order valence-electron chi connectivity index (χ4n) is 1.81. The lowest BCUT2D eigenvalue weighted by molar-refractivity contribution is -0.114. The highest BCUT2D eigenvalue weighted by Crippen LogP contribution is 2.14. The van der Waals surface area contributed by atoms with E-state index in [4.69, 9.17) is 4.52 Å². The molecule has 0 aliphatic heterocycles. The fraction of sp³-hybridized carbons (Fsp3) is 0.286. The number of aryl methyl sites for hydroxylation is 1. The molecule has 2 rings (SSSR count). The zero-order valence-electron chi connectivity index (χ0n) is 11.1. The average Bonchev–Trinajstić information content (AvgIpc) is 2.77. The third-order valence-corrected chi connectivity index (χ3v) is 2.62. The maximum absolute atomic E-state index is 11.1. The van der Waals surface area contributed by atoms with Gasteiger partial charge >= 0.3 is 0 Å². The third kappa shape index (κ3) is 3.93. The number of nitrogens with zero attached hydrogens (tertiary/aromatic N) is 1. The van der Waals surface area contributed by atoms with Gasteiger partial charge in [-0.15, -0.1) is 0 Å². The van der Waals surface area contributed by atoms with Gasteiger partial charge in [0.25, 0.3) is 0 Å². The first-order chi connectivity index (χ1) is 9.15. The first kappa shape index (κ1) is 13.3. The molecule has 1 aromatic heterocycles. The molecule has 0 aliphatic carbocycles. The maximum Gasteiger partial charge on any atom is 0.221 e. The lowest BCUT2D eigenvalue weighted by Crippen LogP contribution is -2.15. The predicted molar refractivity (Wildman–Crippen MR) is 72.5 cm³/mol. The maximum atomic E-state index is 11.1. The lowest BCUT2D eigenvalue weighted by atomic mass is 10.1. The normalized spacial score (nSPS) is 10.4. The molecule has 0 radical (unpaired) electrons. The Labute approximate surface area is 112 Å². The van der Waals surface area contributed by atoms with Crippen LogP contribution in [-0.4, -0.2) is 11.1 Å². The van der Waals surface area contributed by atoms with E-state index in [2.05, 4.69) is 15.8 Å². The molecule has 1 amide bonds. The quantitative estimate of drug-likeness (QED) is 0.864. The van der Waals surface area contributed by atoms with Crippen LogP contribution in [0.5, 0.6) is 0 Å². The standard InChI is InChI=1S/C14H17N3O2/c1-10-7-13(19-17-10)9-15-8-12-5-3-4-6-14(12)16-11(2)18/h3-7,15H,8-9H2,1-2H3,(H,16,18). The molecule has 0 unspecified atom stereocenters. The van der Waals surface area contributed by atoms with Gasteiger partial charge in [0.2, 0.25) is 5.91 Å². The van der Waals surface area contributed by atoms with E-state index in [1.807, 2.05) is 37.3 Å². The van der Waals surface area contributed by atoms with Crippen molar-refractivity contribution in [2.24, 2.45) is 0 Å². The van der Waals surface area contributed by atoms with E-state index >= 15 is 0 Å². The number of nitrogens with one attached hydrogen (secondary N) is 2. The van der Waals surface area contributed by atoms with Crippen molar-refractivity contribution in [3.8, 4) is 0 Å². The Kier molecular flexibility index (Phi) is 4.30. The highest BCUT2D eigenvalue weighted by Gasteiger charge is 2.04. The van der Waals surface area contributed by atoms with Crippen LogP contribution >= 0.6 is 0 Å². The lowest BCUT2D eigenvalue weighted by Gasteiger charge is -2.09. The summed E-state index contributed by atoms with van der Waals surface area (Å²) in [6.07, 6.45) is 0. The van der Waals surface area contributed by atoms with Crippen LogP contribution in [0, 0.1) is 6.92 Å². The number of hydrogen-bond donors (Lipinski definition) is 2. The molecule has 1 heterocycles. The van der Waals surface area contributed by atoms with Crippen molar-refractivity contribution < 1.29 is 9.32 Å².